The number of aromatic nitrogens is 2. The first-order valence-electron chi connectivity index (χ1n) is 9.10. The Bertz CT molecular complexity index is 1030. The number of nitrogens with one attached hydrogen (secondary N) is 1. The van der Waals surface area contributed by atoms with Crippen LogP contribution in [-0.2, 0) is 39.7 Å². The lowest BCUT2D eigenvalue weighted by molar-refractivity contribution is 0.0823. The molecule has 28 heavy (non-hydrogen) atoms. The molecule has 1 unspecified atom stereocenters. The molecular formula is C18H21N4O4S2-. The maximum atomic E-state index is 12.5. The van der Waals surface area contributed by atoms with Gasteiger partial charge < -0.3 is 24.1 Å². The molecule has 8 nitrogen and oxygen atoms in total. The molecule has 2 aromatic rings. The molecule has 2 aliphatic rings. The van der Waals surface area contributed by atoms with E-state index in [2.05, 4.69) is 19.6 Å². The third-order valence-electron chi connectivity index (χ3n) is 4.97. The van der Waals surface area contributed by atoms with Crippen LogP contribution in [0, 0.1) is 0 Å². The monoisotopic (exact) mass is 421 g/mol. The lowest BCUT2D eigenvalue weighted by Crippen LogP contribution is -2.13. The van der Waals surface area contributed by atoms with Gasteiger partial charge in [0.25, 0.3) is 0 Å². The second-order valence-corrected chi connectivity index (χ2v) is 9.86. The number of aliphatic hydroxyl groups excluding tert-OH is 1. The summed E-state index contributed by atoms with van der Waals surface area (Å²) in [5.74, 6) is 0. The number of urea groups is 1. The van der Waals surface area contributed by atoms with Crippen LogP contribution in [0.5, 0.6) is 0 Å². The van der Waals surface area contributed by atoms with Crippen molar-refractivity contribution in [3.63, 3.8) is 0 Å². The van der Waals surface area contributed by atoms with Gasteiger partial charge in [-0.2, -0.15) is 0 Å². The number of pyridine rings is 1. The third-order valence-corrected chi connectivity index (χ3v) is 7.49. The summed E-state index contributed by atoms with van der Waals surface area (Å²) in [6, 6.07) is -0.720. The molecule has 0 aromatic carbocycles. The summed E-state index contributed by atoms with van der Waals surface area (Å²) in [5.41, 5.74) is 2.94. The molecule has 0 bridgehead atoms. The Balaban J connectivity index is 1.61. The fourth-order valence-electron chi connectivity index (χ4n) is 3.61. The molecular weight excluding hydrogens is 400 g/mol. The number of amides is 2. The highest BCUT2D eigenvalue weighted by Crippen LogP contribution is 2.40. The summed E-state index contributed by atoms with van der Waals surface area (Å²) < 4.78 is 16.3. The van der Waals surface area contributed by atoms with Crippen LogP contribution in [0.2, 0.25) is 0 Å². The van der Waals surface area contributed by atoms with Crippen LogP contribution in [0.25, 0.3) is 0 Å². The van der Waals surface area contributed by atoms with Crippen molar-refractivity contribution in [1.82, 2.24) is 9.97 Å². The molecule has 10 heteroatoms. The van der Waals surface area contributed by atoms with E-state index in [1.54, 1.807) is 13.8 Å². The second-order valence-electron chi connectivity index (χ2n) is 7.50. The van der Waals surface area contributed by atoms with Crippen molar-refractivity contribution in [3.8, 4) is 0 Å². The van der Waals surface area contributed by atoms with E-state index in [0.717, 1.165) is 47.4 Å². The largest absolute Gasteiger partial charge is 0.437 e. The molecule has 0 fully saturated rings. The van der Waals surface area contributed by atoms with Crippen LogP contribution in [-0.4, -0.2) is 26.2 Å². The summed E-state index contributed by atoms with van der Waals surface area (Å²) in [6.07, 6.45) is 4.62. The number of thiazole rings is 1. The maximum absolute atomic E-state index is 12.5. The number of aryl methyl sites for hydroxylation is 1. The summed E-state index contributed by atoms with van der Waals surface area (Å²) in [7, 11) is -1.96. The van der Waals surface area contributed by atoms with Crippen molar-refractivity contribution >= 4 is 33.7 Å². The number of carbonyl (C=O) groups is 1. The molecule has 1 atom stereocenters. The van der Waals surface area contributed by atoms with Gasteiger partial charge in [0.1, 0.15) is 0 Å². The molecule has 0 spiro atoms. The zero-order valence-electron chi connectivity index (χ0n) is 15.6. The van der Waals surface area contributed by atoms with Crippen molar-refractivity contribution in [2.45, 2.75) is 62.0 Å². The smallest absolute Gasteiger partial charge is 0.322 e. The van der Waals surface area contributed by atoms with Gasteiger partial charge in [0, 0.05) is 21.8 Å². The summed E-state index contributed by atoms with van der Waals surface area (Å²) in [4.78, 5) is 21.6. The lowest BCUT2D eigenvalue weighted by atomic mass is 10.1. The quantitative estimate of drug-likeness (QED) is 0.655. The van der Waals surface area contributed by atoms with Crippen LogP contribution < -0.4 is 5.32 Å². The van der Waals surface area contributed by atoms with Crippen LogP contribution in [0.1, 0.15) is 60.2 Å². The predicted molar refractivity (Wildman–Crippen MR) is 105 cm³/mol. The molecule has 0 saturated heterocycles. The Morgan fingerprint density at radius 2 is 2.14 bits per heavy atom. The Hall–Kier alpha value is -1.88. The Kier molecular flexibility index (Phi) is 4.98. The van der Waals surface area contributed by atoms with E-state index in [9.17, 15) is 19.2 Å². The number of carbonyl (C=O) groups excluding carboxylic acids is 1. The van der Waals surface area contributed by atoms with Crippen molar-refractivity contribution in [2.24, 2.45) is 4.36 Å². The van der Waals surface area contributed by atoms with Gasteiger partial charge in [0.05, 0.1) is 28.0 Å². The van der Waals surface area contributed by atoms with Crippen LogP contribution >= 0.6 is 11.3 Å². The van der Waals surface area contributed by atoms with E-state index in [1.165, 1.54) is 6.20 Å². The molecule has 0 aliphatic heterocycles. The highest BCUT2D eigenvalue weighted by Gasteiger charge is 2.30. The zero-order chi connectivity index (χ0) is 20.1. The fourth-order valence-corrected chi connectivity index (χ4v) is 5.34. The zero-order valence-corrected chi connectivity index (χ0v) is 17.2. The van der Waals surface area contributed by atoms with E-state index in [0.29, 0.717) is 29.1 Å². The van der Waals surface area contributed by atoms with E-state index in [-0.39, 0.29) is 4.34 Å². The van der Waals surface area contributed by atoms with E-state index < -0.39 is 28.3 Å². The topological polar surface area (TPSA) is 125 Å². The van der Waals surface area contributed by atoms with Crippen LogP contribution in [0.15, 0.2) is 14.9 Å². The number of fused-ring (bicyclic) bond motifs is 2. The summed E-state index contributed by atoms with van der Waals surface area (Å²) >= 11 is 1.06. The van der Waals surface area contributed by atoms with E-state index in [4.69, 9.17) is 0 Å². The first-order chi connectivity index (χ1) is 13.2. The van der Waals surface area contributed by atoms with Gasteiger partial charge in [-0.15, -0.1) is 21.9 Å². The first-order valence-corrected chi connectivity index (χ1v) is 11.0. The van der Waals surface area contributed by atoms with Crippen molar-refractivity contribution in [2.75, 3.05) is 5.32 Å². The highest BCUT2D eigenvalue weighted by molar-refractivity contribution is 7.77. The average Bonchev–Trinajstić information content (AvgIpc) is 3.34. The van der Waals surface area contributed by atoms with Crippen LogP contribution in [0.4, 0.5) is 10.5 Å². The number of hydrogen-bond acceptors (Lipinski definition) is 8. The summed E-state index contributed by atoms with van der Waals surface area (Å²) in [5, 5.41) is 22.9. The minimum atomic E-state index is -1.96. The third kappa shape index (κ3) is 3.57. The SMILES string of the molecule is CC(C)(O)c1cnc([S-](=O)=NC(=O)Nc2c3c(nc4c2CCC4O)CCC3)s1. The second kappa shape index (κ2) is 7.18. The van der Waals surface area contributed by atoms with Gasteiger partial charge in [-0.3, -0.25) is 9.97 Å². The lowest BCUT2D eigenvalue weighted by Gasteiger charge is -2.15. The summed E-state index contributed by atoms with van der Waals surface area (Å²) in [6.45, 7) is 3.21. The highest BCUT2D eigenvalue weighted by atomic mass is 32.2. The maximum Gasteiger partial charge on any atom is 0.322 e. The van der Waals surface area contributed by atoms with Crippen molar-refractivity contribution in [3.05, 3.63) is 33.6 Å². The van der Waals surface area contributed by atoms with Gasteiger partial charge in [0.2, 0.25) is 0 Å². The first kappa shape index (κ1) is 19.4. The molecule has 2 amide bonds. The van der Waals surface area contributed by atoms with Gasteiger partial charge in [-0.05, 0) is 51.5 Å². The van der Waals surface area contributed by atoms with Gasteiger partial charge in [-0.25, -0.2) is 4.79 Å². The molecule has 2 aromatic heterocycles. The number of rotatable bonds is 3. The Labute approximate surface area is 168 Å². The van der Waals surface area contributed by atoms with Crippen LogP contribution in [0.3, 0.4) is 0 Å². The average molecular weight is 422 g/mol. The molecule has 0 saturated carbocycles. The van der Waals surface area contributed by atoms with Gasteiger partial charge in [0.15, 0.2) is 0 Å². The van der Waals surface area contributed by atoms with Gasteiger partial charge in [-0.1, -0.05) is 0 Å². The van der Waals surface area contributed by atoms with Gasteiger partial charge >= 0.3 is 6.03 Å². The van der Waals surface area contributed by atoms with Crippen molar-refractivity contribution in [1.29, 1.82) is 0 Å². The molecule has 2 heterocycles. The number of nitrogens with zero attached hydrogens (tertiary/aromatic N) is 3. The predicted octanol–water partition coefficient (Wildman–Crippen LogP) is 2.97. The fraction of sp³-hybridized carbons (Fsp3) is 0.500. The molecule has 3 N–H and O–H groups in total. The normalized spacial score (nSPS) is 19.5. The number of anilines is 1. The standard InChI is InChI=1S/C18H21N4O4S2/c1-18(2,25)13-8-19-17(27-13)28(26)22-16(24)21-14-9-4-3-5-11(9)20-15-10(14)6-7-12(15)23/h8,12,23,25H,3-7H2,1-2H3,(H,20,21,24)/q-1. The molecule has 150 valence electrons. The number of hydrogen-bond donors (Lipinski definition) is 3. The molecule has 2 aliphatic carbocycles. The van der Waals surface area contributed by atoms with Crippen molar-refractivity contribution < 1.29 is 19.2 Å². The number of aliphatic hydroxyl groups is 2. The Morgan fingerprint density at radius 3 is 2.86 bits per heavy atom. The molecule has 4 rings (SSSR count). The minimum absolute atomic E-state index is 0.160. The van der Waals surface area contributed by atoms with E-state index in [1.807, 2.05) is 0 Å². The Morgan fingerprint density at radius 1 is 1.36 bits per heavy atom. The molecule has 0 radical (unpaired) electrons. The minimum Gasteiger partial charge on any atom is -0.437 e. The van der Waals surface area contributed by atoms with E-state index >= 15 is 0 Å².